The molecule has 0 atom stereocenters. The molecule has 0 amide bonds. The summed E-state index contributed by atoms with van der Waals surface area (Å²) in [5.41, 5.74) is 0. The van der Waals surface area contributed by atoms with E-state index in [0.717, 1.165) is 50.9 Å². The first-order valence-electron chi connectivity index (χ1n) is 8.06. The Balaban J connectivity index is 0.00000529. The van der Waals surface area contributed by atoms with E-state index in [1.165, 1.54) is 0 Å². The number of nitrogens with one attached hydrogen (secondary N) is 2. The Hall–Kier alpha value is -1.06. The van der Waals surface area contributed by atoms with Crippen molar-refractivity contribution in [1.82, 2.24) is 15.5 Å². The van der Waals surface area contributed by atoms with Gasteiger partial charge in [0.15, 0.2) is 5.96 Å². The predicted molar refractivity (Wildman–Crippen MR) is 111 cm³/mol. The van der Waals surface area contributed by atoms with Gasteiger partial charge in [-0.1, -0.05) is 18.2 Å². The molecule has 0 heterocycles. The van der Waals surface area contributed by atoms with Gasteiger partial charge in [-0.3, -0.25) is 4.99 Å². The molecule has 0 aromatic heterocycles. The highest BCUT2D eigenvalue weighted by molar-refractivity contribution is 14.0. The van der Waals surface area contributed by atoms with Crippen LogP contribution in [0.4, 0.5) is 0 Å². The summed E-state index contributed by atoms with van der Waals surface area (Å²) in [5, 5.41) is 6.59. The summed E-state index contributed by atoms with van der Waals surface area (Å²) in [7, 11) is 5.58. The summed E-state index contributed by atoms with van der Waals surface area (Å²) in [4.78, 5) is 6.43. The lowest BCUT2D eigenvalue weighted by molar-refractivity contribution is 0.162. The van der Waals surface area contributed by atoms with Gasteiger partial charge in [0.05, 0.1) is 13.2 Å². The fraction of sp³-hybridized carbons (Fsp3) is 0.588. The van der Waals surface area contributed by atoms with E-state index in [9.17, 15) is 0 Å². The molecular formula is C17H31IN4O2. The number of para-hydroxylation sites is 1. The summed E-state index contributed by atoms with van der Waals surface area (Å²) < 4.78 is 10.7. The van der Waals surface area contributed by atoms with Crippen LogP contribution in [0.2, 0.25) is 0 Å². The minimum Gasteiger partial charge on any atom is -0.494 e. The van der Waals surface area contributed by atoms with E-state index in [4.69, 9.17) is 9.47 Å². The third-order valence-electron chi connectivity index (χ3n) is 3.31. The quantitative estimate of drug-likeness (QED) is 0.233. The lowest BCUT2D eigenvalue weighted by atomic mass is 10.3. The molecule has 0 saturated carbocycles. The normalized spacial score (nSPS) is 11.1. The first-order valence-corrected chi connectivity index (χ1v) is 8.06. The number of hydrogen-bond donors (Lipinski definition) is 2. The highest BCUT2D eigenvalue weighted by Crippen LogP contribution is 2.07. The van der Waals surface area contributed by atoms with Crippen molar-refractivity contribution in [3.63, 3.8) is 0 Å². The molecule has 0 aliphatic carbocycles. The molecule has 0 radical (unpaired) electrons. The highest BCUT2D eigenvalue weighted by Gasteiger charge is 2.00. The van der Waals surface area contributed by atoms with Crippen molar-refractivity contribution in [1.29, 1.82) is 0 Å². The number of hydrogen-bond acceptors (Lipinski definition) is 4. The van der Waals surface area contributed by atoms with Gasteiger partial charge in [-0.2, -0.15) is 0 Å². The molecule has 0 fully saturated rings. The van der Waals surface area contributed by atoms with E-state index in [1.54, 1.807) is 14.2 Å². The summed E-state index contributed by atoms with van der Waals surface area (Å²) >= 11 is 0. The number of ether oxygens (including phenoxy) is 2. The first kappa shape index (κ1) is 22.9. The molecule has 24 heavy (non-hydrogen) atoms. The number of halogens is 1. The Morgan fingerprint density at radius 2 is 1.79 bits per heavy atom. The van der Waals surface area contributed by atoms with Crippen LogP contribution < -0.4 is 15.4 Å². The van der Waals surface area contributed by atoms with Crippen molar-refractivity contribution in [2.45, 2.75) is 6.42 Å². The Kier molecular flexibility index (Phi) is 14.8. The molecule has 0 spiro atoms. The van der Waals surface area contributed by atoms with Crippen LogP contribution >= 0.6 is 24.0 Å². The number of likely N-dealkylation sites (N-methyl/N-ethyl adjacent to an activating group) is 1. The number of methoxy groups -OCH3 is 1. The number of rotatable bonds is 11. The maximum Gasteiger partial charge on any atom is 0.191 e. The molecule has 1 aromatic carbocycles. The maximum absolute atomic E-state index is 5.65. The van der Waals surface area contributed by atoms with Gasteiger partial charge in [-0.15, -0.1) is 24.0 Å². The second kappa shape index (κ2) is 15.5. The predicted octanol–water partition coefficient (Wildman–Crippen LogP) is 1.82. The monoisotopic (exact) mass is 450 g/mol. The van der Waals surface area contributed by atoms with Crippen molar-refractivity contribution in [3.05, 3.63) is 30.3 Å². The van der Waals surface area contributed by atoms with E-state index in [-0.39, 0.29) is 24.0 Å². The number of aliphatic imine (C=N–C) groups is 1. The van der Waals surface area contributed by atoms with Crippen molar-refractivity contribution >= 4 is 29.9 Å². The zero-order valence-electron chi connectivity index (χ0n) is 15.0. The average Bonchev–Trinajstić information content (AvgIpc) is 2.59. The number of guanidine groups is 1. The molecule has 1 rings (SSSR count). The maximum atomic E-state index is 5.65. The van der Waals surface area contributed by atoms with Crippen molar-refractivity contribution in [2.75, 3.05) is 60.6 Å². The van der Waals surface area contributed by atoms with Crippen LogP contribution in [0, 0.1) is 0 Å². The molecule has 0 bridgehead atoms. The minimum absolute atomic E-state index is 0. The molecule has 2 N–H and O–H groups in total. The lowest BCUT2D eigenvalue weighted by Gasteiger charge is -2.17. The van der Waals surface area contributed by atoms with Crippen LogP contribution in [0.1, 0.15) is 6.42 Å². The minimum atomic E-state index is 0. The molecule has 0 unspecified atom stereocenters. The van der Waals surface area contributed by atoms with Gasteiger partial charge in [-0.25, -0.2) is 0 Å². The van der Waals surface area contributed by atoms with Gasteiger partial charge >= 0.3 is 0 Å². The fourth-order valence-corrected chi connectivity index (χ4v) is 1.93. The number of benzene rings is 1. The summed E-state index contributed by atoms with van der Waals surface area (Å²) in [6.07, 6.45) is 0.920. The zero-order chi connectivity index (χ0) is 16.8. The van der Waals surface area contributed by atoms with Gasteiger partial charge in [0.2, 0.25) is 0 Å². The molecule has 1 aromatic rings. The average molecular weight is 450 g/mol. The highest BCUT2D eigenvalue weighted by atomic mass is 127. The van der Waals surface area contributed by atoms with Gasteiger partial charge in [0, 0.05) is 40.3 Å². The van der Waals surface area contributed by atoms with Crippen LogP contribution in [-0.2, 0) is 4.74 Å². The topological polar surface area (TPSA) is 58.1 Å². The van der Waals surface area contributed by atoms with Crippen molar-refractivity contribution in [2.24, 2.45) is 4.99 Å². The van der Waals surface area contributed by atoms with E-state index in [2.05, 4.69) is 27.6 Å². The zero-order valence-corrected chi connectivity index (χ0v) is 17.3. The Bertz CT molecular complexity index is 432. The SMILES string of the molecule is CN=C(NCCCOc1ccccc1)NCCN(C)CCOC.I. The largest absolute Gasteiger partial charge is 0.494 e. The summed E-state index contributed by atoms with van der Waals surface area (Å²) in [6.45, 7) is 4.99. The molecule has 0 aliphatic heterocycles. The van der Waals surface area contributed by atoms with E-state index < -0.39 is 0 Å². The lowest BCUT2D eigenvalue weighted by Crippen LogP contribution is -2.41. The van der Waals surface area contributed by atoms with Gasteiger partial charge in [0.25, 0.3) is 0 Å². The van der Waals surface area contributed by atoms with E-state index in [0.29, 0.717) is 6.61 Å². The molecule has 0 saturated heterocycles. The number of nitrogens with zero attached hydrogens (tertiary/aromatic N) is 2. The Labute approximate surface area is 163 Å². The fourth-order valence-electron chi connectivity index (χ4n) is 1.93. The Morgan fingerprint density at radius 1 is 1.08 bits per heavy atom. The third-order valence-corrected chi connectivity index (χ3v) is 3.31. The second-order valence-corrected chi connectivity index (χ2v) is 5.24. The van der Waals surface area contributed by atoms with E-state index in [1.807, 2.05) is 30.3 Å². The standard InChI is InChI=1S/C17H30N4O2.HI/c1-18-17(20-11-12-21(2)13-15-22-3)19-10-7-14-23-16-8-5-4-6-9-16;/h4-6,8-9H,7,10-15H2,1-3H3,(H2,18,19,20);1H. The second-order valence-electron chi connectivity index (χ2n) is 5.24. The van der Waals surface area contributed by atoms with Crippen LogP contribution in [0.5, 0.6) is 5.75 Å². The molecule has 0 aliphatic rings. The van der Waals surface area contributed by atoms with Crippen molar-refractivity contribution < 1.29 is 9.47 Å². The first-order chi connectivity index (χ1) is 11.3. The third kappa shape index (κ3) is 11.5. The van der Waals surface area contributed by atoms with Gasteiger partial charge in [0.1, 0.15) is 5.75 Å². The molecule has 138 valence electrons. The van der Waals surface area contributed by atoms with Gasteiger partial charge < -0.3 is 25.0 Å². The summed E-state index contributed by atoms with van der Waals surface area (Å²) in [6, 6.07) is 9.87. The molecular weight excluding hydrogens is 419 g/mol. The smallest absolute Gasteiger partial charge is 0.191 e. The van der Waals surface area contributed by atoms with E-state index >= 15 is 0 Å². The van der Waals surface area contributed by atoms with Crippen LogP contribution in [0.3, 0.4) is 0 Å². The summed E-state index contributed by atoms with van der Waals surface area (Å²) in [5.74, 6) is 1.74. The molecule has 6 nitrogen and oxygen atoms in total. The Morgan fingerprint density at radius 3 is 2.46 bits per heavy atom. The van der Waals surface area contributed by atoms with Crippen LogP contribution in [0.15, 0.2) is 35.3 Å². The van der Waals surface area contributed by atoms with Crippen LogP contribution in [-0.4, -0.2) is 71.5 Å². The van der Waals surface area contributed by atoms with Gasteiger partial charge in [-0.05, 0) is 25.6 Å². The molecule has 7 heteroatoms. The van der Waals surface area contributed by atoms with Crippen LogP contribution in [0.25, 0.3) is 0 Å². The van der Waals surface area contributed by atoms with Crippen molar-refractivity contribution in [3.8, 4) is 5.75 Å².